The Morgan fingerprint density at radius 1 is 1.64 bits per heavy atom. The monoisotopic (exact) mass is 266 g/mol. The minimum absolute atomic E-state index is 0.0438. The van der Waals surface area contributed by atoms with E-state index in [1.54, 1.807) is 22.6 Å². The molecule has 0 N–H and O–H groups in total. The minimum Gasteiger partial charge on any atom is -0.619 e. The van der Waals surface area contributed by atoms with E-state index in [4.69, 9.17) is 0 Å². The van der Waals surface area contributed by atoms with Crippen LogP contribution in [0.4, 0.5) is 5.69 Å². The molecule has 0 bridgehead atoms. The van der Waals surface area contributed by atoms with Crippen LogP contribution in [-0.2, 0) is 0 Å². The molecule has 0 unspecified atom stereocenters. The smallest absolute Gasteiger partial charge is 0.294 e. The Hall–Kier alpha value is -0.920. The zero-order valence-corrected chi connectivity index (χ0v) is 7.39. The van der Waals surface area contributed by atoms with Crippen LogP contribution in [0.25, 0.3) is 0 Å². The Labute approximate surface area is 75.5 Å². The third-order valence-electron chi connectivity index (χ3n) is 1.06. The highest BCUT2D eigenvalue weighted by molar-refractivity contribution is 14.1. The minimum atomic E-state index is -0.526. The molecule has 0 aliphatic heterocycles. The zero-order valence-electron chi connectivity index (χ0n) is 5.23. The van der Waals surface area contributed by atoms with E-state index in [0.717, 1.165) is 12.4 Å². The standard InChI is InChI=1S/C5H3IN2O3/c6-4-3-7(9)2-1-5(4)8(10)11/h1-3H. The van der Waals surface area contributed by atoms with Crippen LogP contribution in [0.15, 0.2) is 18.5 Å². The van der Waals surface area contributed by atoms with Crippen LogP contribution in [0.3, 0.4) is 0 Å². The van der Waals surface area contributed by atoms with Gasteiger partial charge in [-0.25, -0.2) is 0 Å². The fourth-order valence-electron chi connectivity index (χ4n) is 0.593. The lowest BCUT2D eigenvalue weighted by Crippen LogP contribution is -2.24. The molecule has 0 radical (unpaired) electrons. The van der Waals surface area contributed by atoms with Gasteiger partial charge in [-0.05, 0) is 22.6 Å². The van der Waals surface area contributed by atoms with Crippen molar-refractivity contribution < 1.29 is 9.65 Å². The highest BCUT2D eigenvalue weighted by Gasteiger charge is 2.13. The molecular weight excluding hydrogens is 263 g/mol. The highest BCUT2D eigenvalue weighted by Crippen LogP contribution is 2.16. The molecule has 6 heteroatoms. The largest absolute Gasteiger partial charge is 0.619 e. The molecule has 1 rings (SSSR count). The molecule has 1 heterocycles. The molecule has 0 aliphatic carbocycles. The van der Waals surface area contributed by atoms with Crippen molar-refractivity contribution in [1.29, 1.82) is 0 Å². The Balaban J connectivity index is 3.20. The van der Waals surface area contributed by atoms with Crippen LogP contribution >= 0.6 is 22.6 Å². The van der Waals surface area contributed by atoms with Crippen molar-refractivity contribution in [2.24, 2.45) is 0 Å². The molecular formula is C5H3IN2O3. The van der Waals surface area contributed by atoms with Crippen LogP contribution in [0.5, 0.6) is 0 Å². The van der Waals surface area contributed by atoms with Gasteiger partial charge in [0.25, 0.3) is 5.69 Å². The van der Waals surface area contributed by atoms with Gasteiger partial charge in [0.1, 0.15) is 0 Å². The van der Waals surface area contributed by atoms with Gasteiger partial charge in [-0.2, -0.15) is 4.73 Å². The maximum absolute atomic E-state index is 10.6. The Morgan fingerprint density at radius 2 is 2.27 bits per heavy atom. The van der Waals surface area contributed by atoms with Crippen LogP contribution < -0.4 is 4.73 Å². The third kappa shape index (κ3) is 1.76. The quantitative estimate of drug-likeness (QED) is 0.248. The summed E-state index contributed by atoms with van der Waals surface area (Å²) in [6.07, 6.45) is 2.25. The lowest BCUT2D eigenvalue weighted by Gasteiger charge is -1.95. The molecule has 0 saturated heterocycles. The van der Waals surface area contributed by atoms with E-state index < -0.39 is 4.92 Å². The topological polar surface area (TPSA) is 70.1 Å². The zero-order chi connectivity index (χ0) is 8.43. The Bertz CT molecular complexity index is 302. The summed E-state index contributed by atoms with van der Waals surface area (Å²) in [7, 11) is 0. The number of rotatable bonds is 1. The lowest BCUT2D eigenvalue weighted by atomic mass is 10.4. The first-order valence-electron chi connectivity index (χ1n) is 2.64. The fourth-order valence-corrected chi connectivity index (χ4v) is 1.24. The second-order valence-corrected chi connectivity index (χ2v) is 2.96. The fraction of sp³-hybridized carbons (Fsp3) is 0. The highest BCUT2D eigenvalue weighted by atomic mass is 127. The number of halogens is 1. The van der Waals surface area contributed by atoms with E-state index in [2.05, 4.69) is 0 Å². The van der Waals surface area contributed by atoms with Gasteiger partial charge in [0.2, 0.25) is 6.20 Å². The molecule has 0 aromatic carbocycles. The van der Waals surface area contributed by atoms with Crippen molar-refractivity contribution in [1.82, 2.24) is 0 Å². The number of hydrogen-bond donors (Lipinski definition) is 0. The summed E-state index contributed by atoms with van der Waals surface area (Å²) in [6, 6.07) is 1.18. The van der Waals surface area contributed by atoms with Crippen molar-refractivity contribution in [3.63, 3.8) is 0 Å². The molecule has 0 saturated carbocycles. The van der Waals surface area contributed by atoms with Crippen LogP contribution in [0.2, 0.25) is 0 Å². The summed E-state index contributed by atoms with van der Waals surface area (Å²) < 4.78 is 0.861. The predicted molar refractivity (Wildman–Crippen MR) is 44.8 cm³/mol. The van der Waals surface area contributed by atoms with Crippen molar-refractivity contribution in [2.45, 2.75) is 0 Å². The van der Waals surface area contributed by atoms with E-state index >= 15 is 0 Å². The van der Waals surface area contributed by atoms with Crippen LogP contribution in [0, 0.1) is 18.9 Å². The van der Waals surface area contributed by atoms with Gasteiger partial charge < -0.3 is 5.21 Å². The maximum Gasteiger partial charge on any atom is 0.294 e. The molecule has 0 atom stereocenters. The maximum atomic E-state index is 10.6. The van der Waals surface area contributed by atoms with E-state index in [-0.39, 0.29) is 5.69 Å². The van der Waals surface area contributed by atoms with Crippen molar-refractivity contribution >= 4 is 28.3 Å². The molecule has 5 nitrogen and oxygen atoms in total. The van der Waals surface area contributed by atoms with Crippen molar-refractivity contribution in [2.75, 3.05) is 0 Å². The van der Waals surface area contributed by atoms with Crippen LogP contribution in [0.1, 0.15) is 0 Å². The summed E-state index contributed by atoms with van der Waals surface area (Å²) in [4.78, 5) is 9.70. The second-order valence-electron chi connectivity index (χ2n) is 1.80. The molecule has 0 aliphatic rings. The Kier molecular flexibility index (Phi) is 2.22. The second kappa shape index (κ2) is 2.99. The van der Waals surface area contributed by atoms with Gasteiger partial charge in [-0.1, -0.05) is 0 Å². The summed E-state index contributed by atoms with van der Waals surface area (Å²) in [5.41, 5.74) is -0.0438. The molecule has 11 heavy (non-hydrogen) atoms. The van der Waals surface area contributed by atoms with Crippen molar-refractivity contribution in [3.05, 3.63) is 37.4 Å². The summed E-state index contributed by atoms with van der Waals surface area (Å²) in [5.74, 6) is 0. The average Bonchev–Trinajstić information content (AvgIpc) is 1.85. The molecule has 0 amide bonds. The number of nitro groups is 1. The molecule has 1 aromatic heterocycles. The molecule has 1 aromatic rings. The summed E-state index contributed by atoms with van der Waals surface area (Å²) in [5, 5.41) is 20.8. The van der Waals surface area contributed by atoms with Crippen molar-refractivity contribution in [3.8, 4) is 0 Å². The summed E-state index contributed by atoms with van der Waals surface area (Å²) in [6.45, 7) is 0. The van der Waals surface area contributed by atoms with Gasteiger partial charge in [0, 0.05) is 0 Å². The number of aromatic nitrogens is 1. The van der Waals surface area contributed by atoms with E-state index in [1.807, 2.05) is 0 Å². The third-order valence-corrected chi connectivity index (χ3v) is 1.89. The number of hydrogen-bond acceptors (Lipinski definition) is 3. The number of nitrogens with zero attached hydrogens (tertiary/aromatic N) is 2. The summed E-state index contributed by atoms with van der Waals surface area (Å²) >= 11 is 1.74. The predicted octanol–water partition coefficient (Wildman–Crippen LogP) is 0.833. The first-order valence-corrected chi connectivity index (χ1v) is 3.72. The molecule has 0 spiro atoms. The van der Waals surface area contributed by atoms with Gasteiger partial charge in [-0.15, -0.1) is 0 Å². The van der Waals surface area contributed by atoms with E-state index in [1.165, 1.54) is 6.07 Å². The van der Waals surface area contributed by atoms with Gasteiger partial charge in [0.15, 0.2) is 9.77 Å². The van der Waals surface area contributed by atoms with Crippen LogP contribution in [-0.4, -0.2) is 4.92 Å². The average molecular weight is 266 g/mol. The van der Waals surface area contributed by atoms with E-state index in [9.17, 15) is 15.3 Å². The van der Waals surface area contributed by atoms with Gasteiger partial charge >= 0.3 is 0 Å². The first kappa shape index (κ1) is 8.18. The lowest BCUT2D eigenvalue weighted by molar-refractivity contribution is -0.606. The SMILES string of the molecule is O=[N+]([O-])c1cc[n+]([O-])cc1I. The molecule has 58 valence electrons. The molecule has 0 fully saturated rings. The normalized spacial score (nSPS) is 9.55. The van der Waals surface area contributed by atoms with Gasteiger partial charge in [0.05, 0.1) is 11.0 Å². The van der Waals surface area contributed by atoms with E-state index in [0.29, 0.717) is 8.30 Å². The Morgan fingerprint density at radius 3 is 2.73 bits per heavy atom. The number of pyridine rings is 1. The first-order chi connectivity index (χ1) is 5.11. The van der Waals surface area contributed by atoms with Gasteiger partial charge in [-0.3, -0.25) is 10.1 Å².